The minimum Gasteiger partial charge on any atom is -0.507 e. The standard InChI is InChI=1S/C24H28N2O4/c1-4-6-9-14-26-21(18-10-7-8-13-25-18)20(23(28)24(26)29)22(27)17-11-12-19(30-5-2)16(3)15-17/h7-8,10-13,15,21,27H,4-6,9,14H2,1-3H3/b22-20-. The fourth-order valence-corrected chi connectivity index (χ4v) is 3.76. The first-order valence-electron chi connectivity index (χ1n) is 10.4. The number of aliphatic hydroxyl groups excluding tert-OH is 1. The summed E-state index contributed by atoms with van der Waals surface area (Å²) in [6.07, 6.45) is 4.37. The molecule has 2 heterocycles. The maximum absolute atomic E-state index is 12.9. The molecule has 1 unspecified atom stereocenters. The minimum absolute atomic E-state index is 0.0822. The van der Waals surface area contributed by atoms with Crippen LogP contribution in [-0.4, -0.2) is 39.8 Å². The summed E-state index contributed by atoms with van der Waals surface area (Å²) in [5, 5.41) is 11.1. The Morgan fingerprint density at radius 2 is 1.97 bits per heavy atom. The van der Waals surface area contributed by atoms with Gasteiger partial charge in [-0.05, 0) is 56.2 Å². The van der Waals surface area contributed by atoms with E-state index < -0.39 is 17.7 Å². The normalized spacial score (nSPS) is 18.1. The van der Waals surface area contributed by atoms with Gasteiger partial charge in [0, 0.05) is 18.3 Å². The highest BCUT2D eigenvalue weighted by Crippen LogP contribution is 2.39. The molecule has 2 aromatic rings. The molecular weight excluding hydrogens is 380 g/mol. The van der Waals surface area contributed by atoms with Crippen LogP contribution in [0.3, 0.4) is 0 Å². The number of aromatic nitrogens is 1. The molecule has 3 rings (SSSR count). The van der Waals surface area contributed by atoms with E-state index in [9.17, 15) is 14.7 Å². The molecule has 1 amide bonds. The number of carbonyl (C=O) groups excluding carboxylic acids is 2. The van der Waals surface area contributed by atoms with Crippen molar-refractivity contribution in [2.24, 2.45) is 0 Å². The van der Waals surface area contributed by atoms with Crippen LogP contribution in [-0.2, 0) is 9.59 Å². The number of aliphatic hydroxyl groups is 1. The molecule has 30 heavy (non-hydrogen) atoms. The molecule has 0 aliphatic carbocycles. The molecule has 1 N–H and O–H groups in total. The number of hydrogen-bond acceptors (Lipinski definition) is 5. The van der Waals surface area contributed by atoms with Gasteiger partial charge in [0.25, 0.3) is 11.7 Å². The van der Waals surface area contributed by atoms with Gasteiger partial charge in [-0.15, -0.1) is 0 Å². The summed E-state index contributed by atoms with van der Waals surface area (Å²) in [6.45, 7) is 6.84. The van der Waals surface area contributed by atoms with Crippen LogP contribution in [0.2, 0.25) is 0 Å². The Bertz CT molecular complexity index is 953. The second-order valence-corrected chi connectivity index (χ2v) is 7.37. The number of pyridine rings is 1. The number of rotatable bonds is 8. The molecule has 1 atom stereocenters. The Balaban J connectivity index is 2.08. The molecule has 0 bridgehead atoms. The van der Waals surface area contributed by atoms with Crippen LogP contribution in [0.1, 0.15) is 56.0 Å². The summed E-state index contributed by atoms with van der Waals surface area (Å²) < 4.78 is 5.56. The van der Waals surface area contributed by atoms with E-state index >= 15 is 0 Å². The van der Waals surface area contributed by atoms with Crippen molar-refractivity contribution in [3.05, 3.63) is 65.0 Å². The second-order valence-electron chi connectivity index (χ2n) is 7.37. The summed E-state index contributed by atoms with van der Waals surface area (Å²) in [5.41, 5.74) is 1.96. The van der Waals surface area contributed by atoms with Gasteiger partial charge < -0.3 is 14.7 Å². The number of benzene rings is 1. The summed E-state index contributed by atoms with van der Waals surface area (Å²) in [4.78, 5) is 31.7. The first-order valence-corrected chi connectivity index (χ1v) is 10.4. The molecule has 0 spiro atoms. The lowest BCUT2D eigenvalue weighted by molar-refractivity contribution is -0.140. The van der Waals surface area contributed by atoms with Crippen molar-refractivity contribution in [2.45, 2.75) is 46.1 Å². The summed E-state index contributed by atoms with van der Waals surface area (Å²) in [5.74, 6) is -0.736. The fraction of sp³-hybridized carbons (Fsp3) is 0.375. The molecule has 1 fully saturated rings. The first kappa shape index (κ1) is 21.6. The number of carbonyl (C=O) groups is 2. The Kier molecular flexibility index (Phi) is 6.87. The Hall–Kier alpha value is -3.15. The molecule has 1 saturated heterocycles. The predicted molar refractivity (Wildman–Crippen MR) is 115 cm³/mol. The van der Waals surface area contributed by atoms with E-state index in [4.69, 9.17) is 4.74 Å². The number of likely N-dealkylation sites (tertiary alicyclic amines) is 1. The van der Waals surface area contributed by atoms with E-state index in [1.54, 1.807) is 36.5 Å². The monoisotopic (exact) mass is 408 g/mol. The number of amides is 1. The van der Waals surface area contributed by atoms with Crippen molar-refractivity contribution < 1.29 is 19.4 Å². The van der Waals surface area contributed by atoms with Crippen molar-refractivity contribution in [2.75, 3.05) is 13.2 Å². The number of hydrogen-bond donors (Lipinski definition) is 1. The lowest BCUT2D eigenvalue weighted by Crippen LogP contribution is -2.31. The van der Waals surface area contributed by atoms with Crippen molar-refractivity contribution in [1.29, 1.82) is 0 Å². The van der Waals surface area contributed by atoms with Gasteiger partial charge in [-0.3, -0.25) is 14.6 Å². The lowest BCUT2D eigenvalue weighted by atomic mass is 9.97. The molecule has 1 aromatic carbocycles. The van der Waals surface area contributed by atoms with E-state index in [2.05, 4.69) is 11.9 Å². The van der Waals surface area contributed by atoms with Crippen molar-refractivity contribution in [1.82, 2.24) is 9.88 Å². The summed E-state index contributed by atoms with van der Waals surface area (Å²) in [7, 11) is 0. The summed E-state index contributed by atoms with van der Waals surface area (Å²) >= 11 is 0. The Morgan fingerprint density at radius 1 is 1.17 bits per heavy atom. The number of nitrogens with zero attached hydrogens (tertiary/aromatic N) is 2. The highest BCUT2D eigenvalue weighted by atomic mass is 16.5. The van der Waals surface area contributed by atoms with Gasteiger partial charge in [-0.1, -0.05) is 25.8 Å². The number of ketones is 1. The van der Waals surface area contributed by atoms with Gasteiger partial charge in [-0.25, -0.2) is 0 Å². The lowest BCUT2D eigenvalue weighted by Gasteiger charge is -2.24. The molecular formula is C24H28N2O4. The van der Waals surface area contributed by atoms with E-state index in [0.717, 1.165) is 30.6 Å². The third-order valence-corrected chi connectivity index (χ3v) is 5.26. The Labute approximate surface area is 177 Å². The minimum atomic E-state index is -0.699. The molecule has 0 saturated carbocycles. The molecule has 158 valence electrons. The molecule has 1 aromatic heterocycles. The maximum Gasteiger partial charge on any atom is 0.295 e. The largest absolute Gasteiger partial charge is 0.507 e. The molecule has 1 aliphatic heterocycles. The number of ether oxygens (including phenoxy) is 1. The SMILES string of the molecule is CCCCCN1C(=O)C(=O)/C(=C(\O)c2ccc(OCC)c(C)c2)C1c1ccccn1. The van der Waals surface area contributed by atoms with Crippen LogP contribution in [0, 0.1) is 6.92 Å². The van der Waals surface area contributed by atoms with Gasteiger partial charge in [0.2, 0.25) is 0 Å². The third-order valence-electron chi connectivity index (χ3n) is 5.26. The van der Waals surface area contributed by atoms with E-state index in [-0.39, 0.29) is 11.3 Å². The third kappa shape index (κ3) is 4.22. The average molecular weight is 408 g/mol. The Morgan fingerprint density at radius 3 is 2.60 bits per heavy atom. The fourth-order valence-electron chi connectivity index (χ4n) is 3.76. The smallest absolute Gasteiger partial charge is 0.295 e. The topological polar surface area (TPSA) is 79.7 Å². The van der Waals surface area contributed by atoms with E-state index in [1.165, 1.54) is 4.90 Å². The van der Waals surface area contributed by atoms with Crippen molar-refractivity contribution in [3.63, 3.8) is 0 Å². The van der Waals surface area contributed by atoms with E-state index in [0.29, 0.717) is 24.4 Å². The number of Topliss-reactive ketones (excluding diaryl/α,β-unsaturated/α-hetero) is 1. The van der Waals surface area contributed by atoms with Crippen molar-refractivity contribution in [3.8, 4) is 5.75 Å². The van der Waals surface area contributed by atoms with Crippen molar-refractivity contribution >= 4 is 17.4 Å². The summed E-state index contributed by atoms with van der Waals surface area (Å²) in [6, 6.07) is 9.90. The quantitative estimate of drug-likeness (QED) is 0.303. The molecule has 6 nitrogen and oxygen atoms in total. The van der Waals surface area contributed by atoms with Crippen LogP contribution in [0.4, 0.5) is 0 Å². The zero-order valence-electron chi connectivity index (χ0n) is 17.7. The maximum atomic E-state index is 12.9. The van der Waals surface area contributed by atoms with Crippen LogP contribution in [0.15, 0.2) is 48.2 Å². The average Bonchev–Trinajstić information content (AvgIpc) is 3.00. The van der Waals surface area contributed by atoms with Crippen LogP contribution >= 0.6 is 0 Å². The van der Waals surface area contributed by atoms with Gasteiger partial charge in [0.15, 0.2) is 0 Å². The van der Waals surface area contributed by atoms with Gasteiger partial charge >= 0.3 is 0 Å². The van der Waals surface area contributed by atoms with Crippen LogP contribution in [0.25, 0.3) is 5.76 Å². The van der Waals surface area contributed by atoms with Gasteiger partial charge in [-0.2, -0.15) is 0 Å². The number of unbranched alkanes of at least 4 members (excludes halogenated alkanes) is 2. The highest BCUT2D eigenvalue weighted by Gasteiger charge is 2.46. The highest BCUT2D eigenvalue weighted by molar-refractivity contribution is 6.46. The van der Waals surface area contributed by atoms with Gasteiger partial charge in [0.05, 0.1) is 17.9 Å². The van der Waals surface area contributed by atoms with Gasteiger partial charge in [0.1, 0.15) is 17.6 Å². The second kappa shape index (κ2) is 9.57. The van der Waals surface area contributed by atoms with Crippen LogP contribution in [0.5, 0.6) is 5.75 Å². The molecule has 6 heteroatoms. The zero-order chi connectivity index (χ0) is 21.7. The molecule has 1 aliphatic rings. The van der Waals surface area contributed by atoms with Crippen LogP contribution < -0.4 is 4.74 Å². The zero-order valence-corrected chi connectivity index (χ0v) is 17.7. The predicted octanol–water partition coefficient (Wildman–Crippen LogP) is 4.40. The van der Waals surface area contributed by atoms with E-state index in [1.807, 2.05) is 19.9 Å². The number of aryl methyl sites for hydroxylation is 1. The molecule has 0 radical (unpaired) electrons. The first-order chi connectivity index (χ1) is 14.5.